The Kier molecular flexibility index (Phi) is 2.71. The van der Waals surface area contributed by atoms with E-state index in [9.17, 15) is 0 Å². The fraction of sp³-hybridized carbons (Fsp3) is 0.667. The largest absolute Gasteiger partial charge is 0.468 e. The monoisotopic (exact) mass is 222 g/mol. The van der Waals surface area contributed by atoms with Gasteiger partial charge in [-0.2, -0.15) is 0 Å². The maximum atomic E-state index is 5.86. The third kappa shape index (κ3) is 1.77. The zero-order valence-electron chi connectivity index (χ0n) is 9.34. The molecule has 2 aliphatic heterocycles. The van der Waals surface area contributed by atoms with Crippen LogP contribution in [0.25, 0.3) is 0 Å². The lowest BCUT2D eigenvalue weighted by atomic mass is 10.1. The van der Waals surface area contributed by atoms with E-state index in [-0.39, 0.29) is 6.04 Å². The Morgan fingerprint density at radius 2 is 2.12 bits per heavy atom. The van der Waals surface area contributed by atoms with Crippen molar-refractivity contribution in [2.45, 2.75) is 31.1 Å². The molecule has 1 aromatic rings. The number of likely N-dealkylation sites (tertiary alicyclic amines) is 1. The minimum atomic E-state index is 0.210. The highest BCUT2D eigenvalue weighted by atomic mass is 16.5. The van der Waals surface area contributed by atoms with Crippen LogP contribution in [0.1, 0.15) is 24.6 Å². The minimum Gasteiger partial charge on any atom is -0.468 e. The van der Waals surface area contributed by atoms with Crippen LogP contribution in [-0.2, 0) is 4.74 Å². The molecule has 3 atom stereocenters. The van der Waals surface area contributed by atoms with Gasteiger partial charge < -0.3 is 14.9 Å². The molecule has 3 rings (SSSR count). The molecule has 0 spiro atoms. The number of morpholine rings is 1. The van der Waals surface area contributed by atoms with Crippen molar-refractivity contribution in [3.8, 4) is 0 Å². The summed E-state index contributed by atoms with van der Waals surface area (Å²) in [6, 6.07) is 4.14. The fourth-order valence-corrected chi connectivity index (χ4v) is 2.83. The molecule has 0 amide bonds. The van der Waals surface area contributed by atoms with E-state index in [1.807, 2.05) is 12.1 Å². The van der Waals surface area contributed by atoms with Crippen molar-refractivity contribution in [1.82, 2.24) is 4.90 Å². The van der Waals surface area contributed by atoms with Gasteiger partial charge in [-0.1, -0.05) is 0 Å². The highest BCUT2D eigenvalue weighted by Gasteiger charge is 2.37. The normalized spacial score (nSPS) is 31.8. The van der Waals surface area contributed by atoms with E-state index >= 15 is 0 Å². The van der Waals surface area contributed by atoms with E-state index in [4.69, 9.17) is 14.9 Å². The van der Waals surface area contributed by atoms with Gasteiger partial charge in [-0.15, -0.1) is 0 Å². The summed E-state index contributed by atoms with van der Waals surface area (Å²) in [6.07, 6.45) is 4.91. The van der Waals surface area contributed by atoms with E-state index in [1.165, 1.54) is 12.8 Å². The maximum Gasteiger partial charge on any atom is 0.122 e. The summed E-state index contributed by atoms with van der Waals surface area (Å²) in [4.78, 5) is 2.41. The molecule has 1 aromatic heterocycles. The quantitative estimate of drug-likeness (QED) is 0.833. The molecular formula is C12H18N2O2. The topological polar surface area (TPSA) is 51.6 Å². The Hall–Kier alpha value is -0.840. The average molecular weight is 222 g/mol. The lowest BCUT2D eigenvalue weighted by Gasteiger charge is -2.36. The number of hydrogen-bond acceptors (Lipinski definition) is 4. The Labute approximate surface area is 95.3 Å². The predicted octanol–water partition coefficient (Wildman–Crippen LogP) is 1.14. The summed E-state index contributed by atoms with van der Waals surface area (Å²) < 4.78 is 11.3. The van der Waals surface area contributed by atoms with Gasteiger partial charge in [0.2, 0.25) is 0 Å². The molecule has 3 unspecified atom stereocenters. The number of hydrogen-bond donors (Lipinski definition) is 1. The van der Waals surface area contributed by atoms with E-state index in [1.54, 1.807) is 6.26 Å². The van der Waals surface area contributed by atoms with Crippen LogP contribution < -0.4 is 5.73 Å². The molecule has 0 aliphatic carbocycles. The Morgan fingerprint density at radius 1 is 1.38 bits per heavy atom. The van der Waals surface area contributed by atoms with Gasteiger partial charge in [0.25, 0.3) is 0 Å². The average Bonchev–Trinajstić information content (AvgIpc) is 2.90. The standard InChI is InChI=1S/C12H18N2O2/c13-6-11(12-2-1-5-15-12)14-7-9-3-4-10(8-14)16-9/h1-2,5,9-11H,3-4,6-8,13H2. The summed E-state index contributed by atoms with van der Waals surface area (Å²) in [5.74, 6) is 0.976. The van der Waals surface area contributed by atoms with Gasteiger partial charge in [0.05, 0.1) is 24.5 Å². The smallest absolute Gasteiger partial charge is 0.122 e. The van der Waals surface area contributed by atoms with Crippen LogP contribution in [0.15, 0.2) is 22.8 Å². The van der Waals surface area contributed by atoms with Crippen LogP contribution in [0.5, 0.6) is 0 Å². The molecule has 16 heavy (non-hydrogen) atoms. The Bertz CT molecular complexity index is 327. The van der Waals surface area contributed by atoms with Gasteiger partial charge in [-0.3, -0.25) is 4.90 Å². The number of ether oxygens (including phenoxy) is 1. The molecule has 2 aliphatic rings. The lowest BCUT2D eigenvalue weighted by Crippen LogP contribution is -2.46. The third-order valence-corrected chi connectivity index (χ3v) is 3.61. The maximum absolute atomic E-state index is 5.86. The molecule has 2 saturated heterocycles. The van der Waals surface area contributed by atoms with Crippen molar-refractivity contribution in [2.75, 3.05) is 19.6 Å². The highest BCUT2D eigenvalue weighted by molar-refractivity contribution is 5.06. The van der Waals surface area contributed by atoms with Crippen molar-refractivity contribution in [3.63, 3.8) is 0 Å². The molecule has 2 N–H and O–H groups in total. The van der Waals surface area contributed by atoms with Crippen LogP contribution >= 0.6 is 0 Å². The van der Waals surface area contributed by atoms with Crippen molar-refractivity contribution in [1.29, 1.82) is 0 Å². The molecule has 88 valence electrons. The highest BCUT2D eigenvalue weighted by Crippen LogP contribution is 2.31. The number of nitrogens with zero attached hydrogens (tertiary/aromatic N) is 1. The molecule has 3 heterocycles. The Morgan fingerprint density at radius 3 is 2.69 bits per heavy atom. The first-order valence-corrected chi connectivity index (χ1v) is 6.00. The molecule has 2 bridgehead atoms. The Balaban J connectivity index is 1.75. The number of nitrogens with two attached hydrogens (primary N) is 1. The zero-order valence-corrected chi connectivity index (χ0v) is 9.34. The van der Waals surface area contributed by atoms with Crippen LogP contribution in [-0.4, -0.2) is 36.7 Å². The third-order valence-electron chi connectivity index (χ3n) is 3.61. The van der Waals surface area contributed by atoms with Gasteiger partial charge in [0.1, 0.15) is 5.76 Å². The molecule has 0 saturated carbocycles. The summed E-state index contributed by atoms with van der Waals surface area (Å²) >= 11 is 0. The molecule has 4 nitrogen and oxygen atoms in total. The summed E-state index contributed by atoms with van der Waals surface area (Å²) in [5, 5.41) is 0. The molecule has 0 aromatic carbocycles. The number of fused-ring (bicyclic) bond motifs is 2. The number of rotatable bonds is 3. The summed E-state index contributed by atoms with van der Waals surface area (Å²) in [5.41, 5.74) is 5.86. The van der Waals surface area contributed by atoms with Gasteiger partial charge in [-0.25, -0.2) is 0 Å². The summed E-state index contributed by atoms with van der Waals surface area (Å²) in [7, 11) is 0. The van der Waals surface area contributed by atoms with Gasteiger partial charge >= 0.3 is 0 Å². The number of furan rings is 1. The molecule has 0 radical (unpaired) electrons. The van der Waals surface area contributed by atoms with Crippen LogP contribution in [0, 0.1) is 0 Å². The van der Waals surface area contributed by atoms with Crippen molar-refractivity contribution >= 4 is 0 Å². The van der Waals surface area contributed by atoms with Crippen LogP contribution in [0.2, 0.25) is 0 Å². The second kappa shape index (κ2) is 4.20. The second-order valence-corrected chi connectivity index (χ2v) is 4.68. The zero-order chi connectivity index (χ0) is 11.0. The van der Waals surface area contributed by atoms with E-state index in [2.05, 4.69) is 4.90 Å². The van der Waals surface area contributed by atoms with Gasteiger partial charge in [0, 0.05) is 19.6 Å². The van der Waals surface area contributed by atoms with Crippen LogP contribution in [0.4, 0.5) is 0 Å². The molecule has 2 fully saturated rings. The first-order chi connectivity index (χ1) is 7.86. The minimum absolute atomic E-state index is 0.210. The predicted molar refractivity (Wildman–Crippen MR) is 60.0 cm³/mol. The van der Waals surface area contributed by atoms with E-state index in [0.29, 0.717) is 18.8 Å². The first kappa shape index (κ1) is 10.3. The van der Waals surface area contributed by atoms with Crippen LogP contribution in [0.3, 0.4) is 0 Å². The van der Waals surface area contributed by atoms with E-state index in [0.717, 1.165) is 18.8 Å². The van der Waals surface area contributed by atoms with Gasteiger partial charge in [0.15, 0.2) is 0 Å². The summed E-state index contributed by atoms with van der Waals surface area (Å²) in [6.45, 7) is 2.57. The van der Waals surface area contributed by atoms with Crippen molar-refractivity contribution in [3.05, 3.63) is 24.2 Å². The first-order valence-electron chi connectivity index (χ1n) is 6.00. The van der Waals surface area contributed by atoms with Crippen molar-refractivity contribution in [2.24, 2.45) is 5.73 Å². The fourth-order valence-electron chi connectivity index (χ4n) is 2.83. The van der Waals surface area contributed by atoms with Crippen molar-refractivity contribution < 1.29 is 9.15 Å². The molecule has 4 heteroatoms. The van der Waals surface area contributed by atoms with E-state index < -0.39 is 0 Å². The molecular weight excluding hydrogens is 204 g/mol. The lowest BCUT2D eigenvalue weighted by molar-refractivity contribution is -0.0545. The SMILES string of the molecule is NCC(c1ccco1)N1CC2CCC(C1)O2. The van der Waals surface area contributed by atoms with Gasteiger partial charge in [-0.05, 0) is 25.0 Å². The second-order valence-electron chi connectivity index (χ2n) is 4.68.